The average Bonchev–Trinajstić information content (AvgIpc) is 3.21. The van der Waals surface area contributed by atoms with Gasteiger partial charge >= 0.3 is 12.1 Å². The lowest BCUT2D eigenvalue weighted by atomic mass is 9.72. The van der Waals surface area contributed by atoms with Crippen LogP contribution in [0.1, 0.15) is 44.6 Å². The van der Waals surface area contributed by atoms with E-state index in [-0.39, 0.29) is 17.2 Å². The van der Waals surface area contributed by atoms with E-state index in [1.807, 2.05) is 23.2 Å². The van der Waals surface area contributed by atoms with E-state index >= 15 is 0 Å². The van der Waals surface area contributed by atoms with Crippen LogP contribution >= 0.6 is 0 Å². The number of aliphatic carboxylic acids is 1. The third-order valence-corrected chi connectivity index (χ3v) is 6.81. The molecule has 1 aromatic heterocycles. The van der Waals surface area contributed by atoms with Crippen molar-refractivity contribution < 1.29 is 32.7 Å². The maximum Gasteiger partial charge on any atom is 0.490 e. The van der Waals surface area contributed by atoms with Gasteiger partial charge in [0.15, 0.2) is 0 Å². The molecule has 10 heteroatoms. The highest BCUT2D eigenvalue weighted by molar-refractivity contribution is 5.84. The quantitative estimate of drug-likeness (QED) is 0.694. The van der Waals surface area contributed by atoms with E-state index in [4.69, 9.17) is 9.90 Å². The fourth-order valence-electron chi connectivity index (χ4n) is 4.86. The van der Waals surface area contributed by atoms with Gasteiger partial charge in [-0.1, -0.05) is 18.2 Å². The molecule has 2 aromatic rings. The highest BCUT2D eigenvalue weighted by Crippen LogP contribution is 2.40. The summed E-state index contributed by atoms with van der Waals surface area (Å²) >= 11 is 0. The first-order valence-corrected chi connectivity index (χ1v) is 11.4. The molecule has 2 saturated heterocycles. The van der Waals surface area contributed by atoms with E-state index < -0.39 is 12.1 Å². The number of carbonyl (C=O) groups is 3. The Bertz CT molecular complexity index is 1030. The Balaban J connectivity index is 0.000000406. The van der Waals surface area contributed by atoms with E-state index in [2.05, 4.69) is 22.0 Å². The topological polar surface area (TPSA) is 93.7 Å². The predicted octanol–water partition coefficient (Wildman–Crippen LogP) is 3.98. The molecular weight excluding hydrogens is 451 g/mol. The Labute approximate surface area is 195 Å². The van der Waals surface area contributed by atoms with Crippen molar-refractivity contribution in [1.82, 2.24) is 14.8 Å². The van der Waals surface area contributed by atoms with Gasteiger partial charge in [-0.25, -0.2) is 4.79 Å². The lowest BCUT2D eigenvalue weighted by Gasteiger charge is -2.47. The molecule has 2 fully saturated rings. The van der Waals surface area contributed by atoms with Gasteiger partial charge in [0.1, 0.15) is 0 Å². The number of para-hydroxylation sites is 1. The van der Waals surface area contributed by atoms with Crippen molar-refractivity contribution >= 4 is 28.7 Å². The van der Waals surface area contributed by atoms with E-state index in [1.54, 1.807) is 6.92 Å². The molecule has 2 aliphatic heterocycles. The zero-order valence-corrected chi connectivity index (χ0v) is 19.2. The fraction of sp³-hybridized carbons (Fsp3) is 0.542. The number of fused-ring (bicyclic) bond motifs is 1. The first-order chi connectivity index (χ1) is 16.0. The van der Waals surface area contributed by atoms with Gasteiger partial charge < -0.3 is 19.9 Å². The first kappa shape index (κ1) is 25.6. The summed E-state index contributed by atoms with van der Waals surface area (Å²) in [5.74, 6) is -2.31. The number of H-pyrrole nitrogens is 1. The van der Waals surface area contributed by atoms with E-state index in [0.717, 1.165) is 57.4 Å². The third-order valence-electron chi connectivity index (χ3n) is 6.81. The number of likely N-dealkylation sites (tertiary alicyclic amines) is 2. The number of carboxylic acids is 1. The van der Waals surface area contributed by atoms with E-state index in [0.29, 0.717) is 6.42 Å². The minimum atomic E-state index is -5.08. The molecule has 7 nitrogen and oxygen atoms in total. The molecule has 0 atom stereocenters. The number of aryl methyl sites for hydroxylation is 1. The van der Waals surface area contributed by atoms with Gasteiger partial charge in [-0.3, -0.25) is 9.59 Å². The second-order valence-corrected chi connectivity index (χ2v) is 9.09. The Morgan fingerprint density at radius 1 is 1.06 bits per heavy atom. The van der Waals surface area contributed by atoms with Gasteiger partial charge in [-0.2, -0.15) is 13.2 Å². The molecule has 2 amide bonds. The summed E-state index contributed by atoms with van der Waals surface area (Å²) in [6, 6.07) is 8.26. The largest absolute Gasteiger partial charge is 0.490 e. The average molecular weight is 482 g/mol. The van der Waals surface area contributed by atoms with Crippen molar-refractivity contribution in [1.29, 1.82) is 0 Å². The molecule has 34 heavy (non-hydrogen) atoms. The first-order valence-electron chi connectivity index (χ1n) is 11.4. The SMILES string of the molecule is CC(=O)N1CCC2(CCCN(C(=O)CCc3c[nH]c4ccccc34)C2)CC1.O=C(O)C(F)(F)F. The maximum absolute atomic E-state index is 12.9. The number of rotatable bonds is 3. The van der Waals surface area contributed by atoms with Crippen LogP contribution in [0.25, 0.3) is 10.9 Å². The second kappa shape index (κ2) is 10.5. The Kier molecular flexibility index (Phi) is 7.89. The van der Waals surface area contributed by atoms with Crippen LogP contribution in [0.3, 0.4) is 0 Å². The molecule has 3 heterocycles. The summed E-state index contributed by atoms with van der Waals surface area (Å²) < 4.78 is 31.7. The second-order valence-electron chi connectivity index (χ2n) is 9.09. The van der Waals surface area contributed by atoms with Crippen molar-refractivity contribution in [3.05, 3.63) is 36.0 Å². The summed E-state index contributed by atoms with van der Waals surface area (Å²) in [5, 5.41) is 8.34. The maximum atomic E-state index is 12.9. The van der Waals surface area contributed by atoms with Crippen LogP contribution in [0.2, 0.25) is 0 Å². The van der Waals surface area contributed by atoms with Crippen molar-refractivity contribution in [2.24, 2.45) is 5.41 Å². The van der Waals surface area contributed by atoms with Crippen molar-refractivity contribution in [2.75, 3.05) is 26.2 Å². The number of halogens is 3. The number of piperidine rings is 2. The summed E-state index contributed by atoms with van der Waals surface area (Å²) in [7, 11) is 0. The van der Waals surface area contributed by atoms with Gasteiger partial charge in [0.2, 0.25) is 11.8 Å². The molecule has 2 aliphatic rings. The molecule has 2 N–H and O–H groups in total. The smallest absolute Gasteiger partial charge is 0.475 e. The standard InChI is InChI=1S/C22H29N3O2.C2HF3O2/c1-17(26)24-13-10-22(11-14-24)9-4-12-25(16-22)21(27)8-7-18-15-23-20-6-3-2-5-19(18)20;3-2(4,5)1(6)7/h2-3,5-6,15,23H,4,7-14,16H2,1H3;(H,6,7). The number of hydrogen-bond donors (Lipinski definition) is 2. The number of aromatic nitrogens is 1. The number of carbonyl (C=O) groups excluding carboxylic acids is 2. The predicted molar refractivity (Wildman–Crippen MR) is 120 cm³/mol. The van der Waals surface area contributed by atoms with Crippen LogP contribution < -0.4 is 0 Å². The molecule has 0 saturated carbocycles. The molecule has 1 spiro atoms. The van der Waals surface area contributed by atoms with Gasteiger partial charge in [0.05, 0.1) is 0 Å². The summed E-state index contributed by atoms with van der Waals surface area (Å²) in [5.41, 5.74) is 2.58. The van der Waals surface area contributed by atoms with Gasteiger partial charge in [0, 0.05) is 56.6 Å². The van der Waals surface area contributed by atoms with Gasteiger partial charge in [-0.15, -0.1) is 0 Å². The van der Waals surface area contributed by atoms with Gasteiger partial charge in [-0.05, 0) is 49.1 Å². The Morgan fingerprint density at radius 3 is 2.32 bits per heavy atom. The minimum Gasteiger partial charge on any atom is -0.475 e. The Hall–Kier alpha value is -3.04. The van der Waals surface area contributed by atoms with Crippen molar-refractivity contribution in [3.63, 3.8) is 0 Å². The minimum absolute atomic E-state index is 0.173. The highest BCUT2D eigenvalue weighted by Gasteiger charge is 2.40. The number of alkyl halides is 3. The molecule has 0 aliphatic carbocycles. The monoisotopic (exact) mass is 481 g/mol. The van der Waals surface area contributed by atoms with Crippen LogP contribution in [0, 0.1) is 5.41 Å². The van der Waals surface area contributed by atoms with E-state index in [1.165, 1.54) is 17.4 Å². The van der Waals surface area contributed by atoms with Crippen LogP contribution in [0.4, 0.5) is 13.2 Å². The normalized spacial score (nSPS) is 17.9. The van der Waals surface area contributed by atoms with Crippen LogP contribution in [0.5, 0.6) is 0 Å². The van der Waals surface area contributed by atoms with Crippen molar-refractivity contribution in [2.45, 2.75) is 51.6 Å². The molecular formula is C24H30F3N3O4. The zero-order chi connectivity index (χ0) is 24.9. The summed E-state index contributed by atoms with van der Waals surface area (Å²) in [6.45, 7) is 5.08. The molecule has 4 rings (SSSR count). The van der Waals surface area contributed by atoms with Crippen LogP contribution in [0.15, 0.2) is 30.5 Å². The number of amides is 2. The summed E-state index contributed by atoms with van der Waals surface area (Å²) in [4.78, 5) is 40.7. The number of nitrogens with one attached hydrogen (secondary N) is 1. The lowest BCUT2D eigenvalue weighted by molar-refractivity contribution is -0.192. The fourth-order valence-corrected chi connectivity index (χ4v) is 4.86. The molecule has 1 aromatic carbocycles. The molecule has 0 radical (unpaired) electrons. The molecule has 0 unspecified atom stereocenters. The van der Waals surface area contributed by atoms with E-state index in [9.17, 15) is 22.8 Å². The zero-order valence-electron chi connectivity index (χ0n) is 19.2. The molecule has 186 valence electrons. The number of carboxylic acid groups (broad SMARTS) is 1. The highest BCUT2D eigenvalue weighted by atomic mass is 19.4. The number of nitrogens with zero attached hydrogens (tertiary/aromatic N) is 2. The number of benzene rings is 1. The van der Waals surface area contributed by atoms with Crippen LogP contribution in [-0.2, 0) is 20.8 Å². The third kappa shape index (κ3) is 6.30. The number of hydrogen-bond acceptors (Lipinski definition) is 3. The summed E-state index contributed by atoms with van der Waals surface area (Å²) in [6.07, 6.45) is 2.62. The lowest BCUT2D eigenvalue weighted by Crippen LogP contribution is -2.51. The molecule has 0 bridgehead atoms. The number of aromatic amines is 1. The van der Waals surface area contributed by atoms with Crippen molar-refractivity contribution in [3.8, 4) is 0 Å². The Morgan fingerprint density at radius 2 is 1.71 bits per heavy atom. The van der Waals surface area contributed by atoms with Gasteiger partial charge in [0.25, 0.3) is 0 Å². The van der Waals surface area contributed by atoms with Crippen LogP contribution in [-0.4, -0.2) is 70.0 Å².